The Balaban J connectivity index is 0.000000500. The van der Waals surface area contributed by atoms with E-state index in [0.29, 0.717) is 6.04 Å². The topological polar surface area (TPSA) is 42.7 Å². The van der Waals surface area contributed by atoms with Gasteiger partial charge in [-0.05, 0) is 0 Å². The number of nitrogens with zero attached hydrogens (tertiary/aromatic N) is 3. The molecule has 0 atom stereocenters. The Morgan fingerprint density at radius 3 is 2.70 bits per heavy atom. The molecule has 1 aromatic rings. The smallest absolute Gasteiger partial charge is 0.0785 e. The van der Waals surface area contributed by atoms with Crippen LogP contribution in [-0.2, 0) is 0 Å². The van der Waals surface area contributed by atoms with Crippen molar-refractivity contribution in [3.63, 3.8) is 0 Å². The Morgan fingerprint density at radius 2 is 2.30 bits per heavy atom. The van der Waals surface area contributed by atoms with Crippen LogP contribution in [-0.4, -0.2) is 28.1 Å². The van der Waals surface area contributed by atoms with Crippen molar-refractivity contribution in [2.45, 2.75) is 6.04 Å². The van der Waals surface area contributed by atoms with E-state index in [2.05, 4.69) is 15.6 Å². The quantitative estimate of drug-likeness (QED) is 0.621. The molecular weight excluding hydrogens is 152 g/mol. The lowest BCUT2D eigenvalue weighted by Gasteiger charge is -2.26. The van der Waals surface area contributed by atoms with Gasteiger partial charge >= 0.3 is 0 Å². The summed E-state index contributed by atoms with van der Waals surface area (Å²) in [6.07, 6.45) is 3.60. The van der Waals surface area contributed by atoms with Gasteiger partial charge in [0.05, 0.1) is 12.2 Å². The van der Waals surface area contributed by atoms with Gasteiger partial charge in [-0.2, -0.15) is 0 Å². The van der Waals surface area contributed by atoms with Crippen LogP contribution in [0.3, 0.4) is 0 Å². The fourth-order valence-electron chi connectivity index (χ4n) is 0.873. The first kappa shape index (κ1) is 7.50. The number of hydrogen-bond acceptors (Lipinski definition) is 3. The average Bonchev–Trinajstić information content (AvgIpc) is 2.11. The Labute approximate surface area is 65.0 Å². The molecule has 5 heteroatoms. The molecule has 0 saturated carbocycles. The zero-order chi connectivity index (χ0) is 6.10. The minimum atomic E-state index is 0. The van der Waals surface area contributed by atoms with E-state index in [1.807, 2.05) is 10.9 Å². The van der Waals surface area contributed by atoms with Crippen molar-refractivity contribution in [3.05, 3.63) is 12.4 Å². The summed E-state index contributed by atoms with van der Waals surface area (Å²) in [5.74, 6) is 0. The highest BCUT2D eigenvalue weighted by Crippen LogP contribution is 2.07. The molecule has 1 fully saturated rings. The van der Waals surface area contributed by atoms with E-state index < -0.39 is 0 Å². The van der Waals surface area contributed by atoms with Gasteiger partial charge in [-0.25, -0.2) is 4.68 Å². The normalized spacial score (nSPS) is 17.6. The average molecular weight is 161 g/mol. The molecule has 4 nitrogen and oxygen atoms in total. The minimum Gasteiger partial charge on any atom is -0.312 e. The van der Waals surface area contributed by atoms with Gasteiger partial charge in [0, 0.05) is 19.3 Å². The SMILES string of the molecule is Cl.c1cn(C2CNC2)nn1. The van der Waals surface area contributed by atoms with Crippen molar-refractivity contribution in [1.82, 2.24) is 20.3 Å². The van der Waals surface area contributed by atoms with E-state index in [1.165, 1.54) is 0 Å². The second-order valence-corrected chi connectivity index (χ2v) is 2.20. The summed E-state index contributed by atoms with van der Waals surface area (Å²) in [5.41, 5.74) is 0. The van der Waals surface area contributed by atoms with Gasteiger partial charge in [-0.1, -0.05) is 5.21 Å². The van der Waals surface area contributed by atoms with Crippen LogP contribution in [0.4, 0.5) is 0 Å². The van der Waals surface area contributed by atoms with Crippen LogP contribution < -0.4 is 5.32 Å². The maximum absolute atomic E-state index is 3.86. The Hall–Kier alpha value is -0.610. The molecule has 0 amide bonds. The summed E-state index contributed by atoms with van der Waals surface area (Å²) in [4.78, 5) is 0. The Bertz CT molecular complexity index is 182. The molecule has 2 rings (SSSR count). The summed E-state index contributed by atoms with van der Waals surface area (Å²) in [7, 11) is 0. The first-order chi connectivity index (χ1) is 4.47. The van der Waals surface area contributed by atoms with Gasteiger partial charge in [0.25, 0.3) is 0 Å². The standard InChI is InChI=1S/C5H8N4.ClH/c1-2-9(8-7-1)5-3-6-4-5;/h1-2,5-6H,3-4H2;1H. The first-order valence-corrected chi connectivity index (χ1v) is 3.03. The molecule has 0 spiro atoms. The van der Waals surface area contributed by atoms with E-state index in [4.69, 9.17) is 0 Å². The van der Waals surface area contributed by atoms with Crippen molar-refractivity contribution in [3.8, 4) is 0 Å². The van der Waals surface area contributed by atoms with Crippen molar-refractivity contribution >= 4 is 12.4 Å². The highest BCUT2D eigenvalue weighted by molar-refractivity contribution is 5.85. The van der Waals surface area contributed by atoms with Crippen LogP contribution in [0.25, 0.3) is 0 Å². The minimum absolute atomic E-state index is 0. The molecule has 1 aliphatic heterocycles. The highest BCUT2D eigenvalue weighted by atomic mass is 35.5. The predicted octanol–water partition coefficient (Wildman–Crippen LogP) is -0.156. The van der Waals surface area contributed by atoms with Crippen LogP contribution in [0, 0.1) is 0 Å². The van der Waals surface area contributed by atoms with Crippen molar-refractivity contribution < 1.29 is 0 Å². The number of nitrogens with one attached hydrogen (secondary N) is 1. The molecule has 10 heavy (non-hydrogen) atoms. The van der Waals surface area contributed by atoms with Crippen LogP contribution in [0.5, 0.6) is 0 Å². The molecule has 0 aromatic carbocycles. The first-order valence-electron chi connectivity index (χ1n) is 3.03. The predicted molar refractivity (Wildman–Crippen MR) is 39.2 cm³/mol. The maximum atomic E-state index is 3.86. The number of aromatic nitrogens is 3. The summed E-state index contributed by atoms with van der Waals surface area (Å²) in [5, 5.41) is 10.7. The second-order valence-electron chi connectivity index (χ2n) is 2.20. The molecule has 1 N–H and O–H groups in total. The Kier molecular flexibility index (Phi) is 2.24. The van der Waals surface area contributed by atoms with E-state index in [1.54, 1.807) is 6.20 Å². The van der Waals surface area contributed by atoms with Gasteiger partial charge < -0.3 is 5.32 Å². The van der Waals surface area contributed by atoms with Gasteiger partial charge in [-0.3, -0.25) is 0 Å². The van der Waals surface area contributed by atoms with Crippen LogP contribution in [0.15, 0.2) is 12.4 Å². The van der Waals surface area contributed by atoms with Crippen molar-refractivity contribution in [2.24, 2.45) is 0 Å². The third-order valence-corrected chi connectivity index (χ3v) is 1.58. The maximum Gasteiger partial charge on any atom is 0.0785 e. The van der Waals surface area contributed by atoms with Crippen LogP contribution >= 0.6 is 12.4 Å². The van der Waals surface area contributed by atoms with E-state index >= 15 is 0 Å². The lowest BCUT2D eigenvalue weighted by Crippen LogP contribution is -2.43. The van der Waals surface area contributed by atoms with E-state index in [0.717, 1.165) is 13.1 Å². The monoisotopic (exact) mass is 160 g/mol. The summed E-state index contributed by atoms with van der Waals surface area (Å²) < 4.78 is 1.89. The molecule has 2 heterocycles. The molecule has 0 bridgehead atoms. The molecule has 0 aliphatic carbocycles. The van der Waals surface area contributed by atoms with Crippen molar-refractivity contribution in [1.29, 1.82) is 0 Å². The van der Waals surface area contributed by atoms with Gasteiger partial charge in [0.15, 0.2) is 0 Å². The van der Waals surface area contributed by atoms with Crippen LogP contribution in [0.2, 0.25) is 0 Å². The van der Waals surface area contributed by atoms with Gasteiger partial charge in [0.1, 0.15) is 0 Å². The number of rotatable bonds is 1. The largest absolute Gasteiger partial charge is 0.312 e. The molecule has 0 unspecified atom stereocenters. The Morgan fingerprint density at radius 1 is 1.50 bits per heavy atom. The highest BCUT2D eigenvalue weighted by Gasteiger charge is 2.18. The number of halogens is 1. The molecular formula is C5H9ClN4. The fraction of sp³-hybridized carbons (Fsp3) is 0.600. The molecule has 1 aromatic heterocycles. The van der Waals surface area contributed by atoms with Crippen LogP contribution in [0.1, 0.15) is 6.04 Å². The molecule has 1 saturated heterocycles. The summed E-state index contributed by atoms with van der Waals surface area (Å²) in [6, 6.07) is 0.549. The fourth-order valence-corrected chi connectivity index (χ4v) is 0.873. The van der Waals surface area contributed by atoms with E-state index in [-0.39, 0.29) is 12.4 Å². The zero-order valence-corrected chi connectivity index (χ0v) is 6.21. The van der Waals surface area contributed by atoms with Gasteiger partial charge in [-0.15, -0.1) is 17.5 Å². The lowest BCUT2D eigenvalue weighted by atomic mass is 10.2. The van der Waals surface area contributed by atoms with Gasteiger partial charge in [0.2, 0.25) is 0 Å². The van der Waals surface area contributed by atoms with E-state index in [9.17, 15) is 0 Å². The summed E-state index contributed by atoms with van der Waals surface area (Å²) in [6.45, 7) is 2.06. The lowest BCUT2D eigenvalue weighted by molar-refractivity contribution is 0.313. The molecule has 56 valence electrons. The number of hydrogen-bond donors (Lipinski definition) is 1. The molecule has 0 radical (unpaired) electrons. The third kappa shape index (κ3) is 1.12. The van der Waals surface area contributed by atoms with Crippen molar-refractivity contribution in [2.75, 3.05) is 13.1 Å². The zero-order valence-electron chi connectivity index (χ0n) is 5.40. The molecule has 1 aliphatic rings. The third-order valence-electron chi connectivity index (χ3n) is 1.58. The second kappa shape index (κ2) is 2.98. The summed E-state index contributed by atoms with van der Waals surface area (Å²) >= 11 is 0.